The molecule has 2 N–H and O–H groups in total. The number of benzene rings is 1. The third-order valence-electron chi connectivity index (χ3n) is 2.30. The Balaban J connectivity index is 3.30. The van der Waals surface area contributed by atoms with Crippen LogP contribution in [-0.4, -0.2) is 23.5 Å². The Morgan fingerprint density at radius 2 is 2.25 bits per heavy atom. The van der Waals surface area contributed by atoms with Crippen molar-refractivity contribution in [1.29, 1.82) is 0 Å². The number of aldehydes is 1. The van der Waals surface area contributed by atoms with Gasteiger partial charge in [-0.3, -0.25) is 4.79 Å². The van der Waals surface area contributed by atoms with Crippen molar-refractivity contribution in [2.45, 2.75) is 13.5 Å². The predicted molar refractivity (Wildman–Crippen MR) is 59.2 cm³/mol. The molecule has 16 heavy (non-hydrogen) atoms. The van der Waals surface area contributed by atoms with E-state index in [1.807, 2.05) is 0 Å². The van der Waals surface area contributed by atoms with Gasteiger partial charge in [0, 0.05) is 10.5 Å². The highest BCUT2D eigenvalue weighted by Gasteiger charge is 2.17. The molecule has 0 aliphatic heterocycles. The molecule has 0 heterocycles. The van der Waals surface area contributed by atoms with Gasteiger partial charge in [0.25, 0.3) is 0 Å². The highest BCUT2D eigenvalue weighted by atomic mass is 16.4. The van der Waals surface area contributed by atoms with E-state index >= 15 is 0 Å². The summed E-state index contributed by atoms with van der Waals surface area (Å²) in [6, 6.07) is 2.95. The minimum absolute atomic E-state index is 0.0731. The highest BCUT2D eigenvalue weighted by Crippen LogP contribution is 2.10. The first-order valence-corrected chi connectivity index (χ1v) is 4.55. The predicted octanol–water partition coefficient (Wildman–Crippen LogP) is 0.298. The van der Waals surface area contributed by atoms with Crippen LogP contribution in [0.15, 0.2) is 17.2 Å². The second-order valence-corrected chi connectivity index (χ2v) is 3.27. The van der Waals surface area contributed by atoms with Crippen LogP contribution in [0.2, 0.25) is 0 Å². The van der Waals surface area contributed by atoms with Crippen molar-refractivity contribution in [2.75, 3.05) is 0 Å². The summed E-state index contributed by atoms with van der Waals surface area (Å²) in [5.41, 5.74) is 9.98. The van der Waals surface area contributed by atoms with E-state index in [4.69, 9.17) is 15.6 Å². The minimum Gasteiger partial charge on any atom is -0.423 e. The van der Waals surface area contributed by atoms with Gasteiger partial charge in [-0.25, -0.2) is 0 Å². The fourth-order valence-corrected chi connectivity index (χ4v) is 1.43. The molecule has 82 valence electrons. The Morgan fingerprint density at radius 1 is 1.56 bits per heavy atom. The molecule has 0 amide bonds. The van der Waals surface area contributed by atoms with Crippen LogP contribution in [0.3, 0.4) is 0 Å². The monoisotopic (exact) mass is 219 g/mol. The number of rotatable bonds is 4. The van der Waals surface area contributed by atoms with Crippen molar-refractivity contribution in [3.8, 4) is 0 Å². The smallest absolute Gasteiger partial charge is 0.423 e. The topological polar surface area (TPSA) is 106 Å². The van der Waals surface area contributed by atoms with Gasteiger partial charge in [0.2, 0.25) is 0 Å². The van der Waals surface area contributed by atoms with E-state index in [1.165, 1.54) is 6.07 Å². The van der Waals surface area contributed by atoms with E-state index in [2.05, 4.69) is 10.0 Å². The summed E-state index contributed by atoms with van der Waals surface area (Å²) in [7, 11) is -1.65. The SMILES string of the molecule is Cc1c(CN=[N+]=[N-])cc(C=O)cc1B(O)O. The molecular formula is C9H10BN3O3. The third-order valence-corrected chi connectivity index (χ3v) is 2.30. The normalized spacial score (nSPS) is 9.44. The summed E-state index contributed by atoms with van der Waals surface area (Å²) in [5.74, 6) is 0. The quantitative estimate of drug-likeness (QED) is 0.250. The lowest BCUT2D eigenvalue weighted by Crippen LogP contribution is -2.33. The summed E-state index contributed by atoms with van der Waals surface area (Å²) in [6.07, 6.45) is 0.602. The number of azide groups is 1. The van der Waals surface area contributed by atoms with Crippen LogP contribution in [0.1, 0.15) is 21.5 Å². The van der Waals surface area contributed by atoms with Crippen LogP contribution in [0, 0.1) is 6.92 Å². The lowest BCUT2D eigenvalue weighted by atomic mass is 9.75. The molecule has 0 aromatic heterocycles. The van der Waals surface area contributed by atoms with E-state index in [9.17, 15) is 4.79 Å². The summed E-state index contributed by atoms with van der Waals surface area (Å²) < 4.78 is 0. The number of hydrogen-bond acceptors (Lipinski definition) is 4. The molecular weight excluding hydrogens is 209 g/mol. The first-order valence-electron chi connectivity index (χ1n) is 4.55. The number of hydrogen-bond donors (Lipinski definition) is 2. The van der Waals surface area contributed by atoms with Crippen molar-refractivity contribution >= 4 is 18.9 Å². The largest absolute Gasteiger partial charge is 0.488 e. The first-order chi connectivity index (χ1) is 7.60. The standard InChI is InChI=1S/C9H10BN3O3/c1-6-8(4-12-13-11)2-7(5-14)3-9(6)10(15)16/h2-3,5,15-16H,4H2,1H3. The van der Waals surface area contributed by atoms with Crippen molar-refractivity contribution in [1.82, 2.24) is 0 Å². The number of carbonyl (C=O) groups is 1. The Labute approximate surface area is 92.3 Å². The molecule has 0 unspecified atom stereocenters. The zero-order valence-electron chi connectivity index (χ0n) is 8.66. The van der Waals surface area contributed by atoms with Gasteiger partial charge in [-0.2, -0.15) is 0 Å². The maximum atomic E-state index is 10.7. The summed E-state index contributed by atoms with van der Waals surface area (Å²) >= 11 is 0. The molecule has 1 aromatic carbocycles. The first kappa shape index (κ1) is 12.3. The lowest BCUT2D eigenvalue weighted by Gasteiger charge is -2.10. The average Bonchev–Trinajstić information content (AvgIpc) is 2.27. The molecule has 6 nitrogen and oxygen atoms in total. The van der Waals surface area contributed by atoms with E-state index in [-0.39, 0.29) is 12.0 Å². The molecule has 0 saturated carbocycles. The second kappa shape index (κ2) is 5.32. The van der Waals surface area contributed by atoms with Gasteiger partial charge in [0.05, 0.1) is 6.54 Å². The Bertz CT molecular complexity index is 456. The van der Waals surface area contributed by atoms with Crippen LogP contribution < -0.4 is 5.46 Å². The fourth-order valence-electron chi connectivity index (χ4n) is 1.43. The zero-order chi connectivity index (χ0) is 12.1. The zero-order valence-corrected chi connectivity index (χ0v) is 8.66. The van der Waals surface area contributed by atoms with Crippen molar-refractivity contribution < 1.29 is 14.8 Å². The molecule has 7 heteroatoms. The van der Waals surface area contributed by atoms with Crippen molar-refractivity contribution in [3.05, 3.63) is 39.3 Å². The van der Waals surface area contributed by atoms with Crippen LogP contribution in [-0.2, 0) is 6.54 Å². The van der Waals surface area contributed by atoms with Gasteiger partial charge in [-0.15, -0.1) is 0 Å². The Kier molecular flexibility index (Phi) is 4.07. The maximum absolute atomic E-state index is 10.7. The molecule has 1 rings (SSSR count). The summed E-state index contributed by atoms with van der Waals surface area (Å²) in [4.78, 5) is 13.3. The van der Waals surface area contributed by atoms with Crippen LogP contribution in [0.4, 0.5) is 0 Å². The Morgan fingerprint density at radius 3 is 2.75 bits per heavy atom. The number of nitrogens with zero attached hydrogens (tertiary/aromatic N) is 3. The highest BCUT2D eigenvalue weighted by molar-refractivity contribution is 6.59. The molecule has 0 bridgehead atoms. The molecule has 0 spiro atoms. The minimum atomic E-state index is -1.65. The third kappa shape index (κ3) is 2.61. The maximum Gasteiger partial charge on any atom is 0.488 e. The van der Waals surface area contributed by atoms with Gasteiger partial charge in [0.1, 0.15) is 6.29 Å². The van der Waals surface area contributed by atoms with E-state index in [0.29, 0.717) is 23.0 Å². The van der Waals surface area contributed by atoms with Gasteiger partial charge < -0.3 is 10.0 Å². The van der Waals surface area contributed by atoms with E-state index in [0.717, 1.165) is 0 Å². The van der Waals surface area contributed by atoms with E-state index < -0.39 is 7.12 Å². The average molecular weight is 219 g/mol. The molecule has 0 aliphatic rings. The Hall–Kier alpha value is -1.82. The van der Waals surface area contributed by atoms with Gasteiger partial charge in [-0.05, 0) is 35.1 Å². The summed E-state index contributed by atoms with van der Waals surface area (Å²) in [5, 5.41) is 21.6. The van der Waals surface area contributed by atoms with Crippen molar-refractivity contribution in [3.63, 3.8) is 0 Å². The molecule has 1 aromatic rings. The molecule has 0 radical (unpaired) electrons. The lowest BCUT2D eigenvalue weighted by molar-refractivity contribution is 0.112. The van der Waals surface area contributed by atoms with Crippen LogP contribution in [0.5, 0.6) is 0 Å². The van der Waals surface area contributed by atoms with Gasteiger partial charge >= 0.3 is 7.12 Å². The van der Waals surface area contributed by atoms with Crippen LogP contribution in [0.25, 0.3) is 10.4 Å². The van der Waals surface area contributed by atoms with Crippen molar-refractivity contribution in [2.24, 2.45) is 5.11 Å². The van der Waals surface area contributed by atoms with Gasteiger partial charge in [-0.1, -0.05) is 11.2 Å². The van der Waals surface area contributed by atoms with E-state index in [1.54, 1.807) is 13.0 Å². The van der Waals surface area contributed by atoms with Crippen LogP contribution >= 0.6 is 0 Å². The summed E-state index contributed by atoms with van der Waals surface area (Å²) in [6.45, 7) is 1.75. The molecule has 0 atom stereocenters. The second-order valence-electron chi connectivity index (χ2n) is 3.27. The number of carbonyl (C=O) groups excluding carboxylic acids is 1. The molecule has 0 fully saturated rings. The van der Waals surface area contributed by atoms with Gasteiger partial charge in [0.15, 0.2) is 0 Å². The fraction of sp³-hybridized carbons (Fsp3) is 0.222. The molecule has 0 aliphatic carbocycles. The molecule has 0 saturated heterocycles.